The Labute approximate surface area is 159 Å². The Morgan fingerprint density at radius 1 is 1.41 bits per heavy atom. The maximum Gasteiger partial charge on any atom is 0.254 e. The van der Waals surface area contributed by atoms with Crippen LogP contribution in [-0.4, -0.2) is 43.4 Å². The molecule has 3 heterocycles. The molecule has 1 fully saturated rings. The number of amides is 1. The van der Waals surface area contributed by atoms with Crippen LogP contribution in [0.3, 0.4) is 0 Å². The van der Waals surface area contributed by atoms with Crippen LogP contribution < -0.4 is 5.56 Å². The van der Waals surface area contributed by atoms with E-state index in [4.69, 9.17) is 0 Å². The van der Waals surface area contributed by atoms with Crippen molar-refractivity contribution in [3.8, 4) is 0 Å². The summed E-state index contributed by atoms with van der Waals surface area (Å²) in [6.45, 7) is 9.40. The van der Waals surface area contributed by atoms with Gasteiger partial charge in [0.1, 0.15) is 11.6 Å². The molecule has 0 bridgehead atoms. The molecule has 3 rings (SSSR count). The Balaban J connectivity index is 1.74. The Kier molecular flexibility index (Phi) is 5.77. The first kappa shape index (κ1) is 19.3. The van der Waals surface area contributed by atoms with Crippen LogP contribution in [0.25, 0.3) is 0 Å². The topological polar surface area (TPSA) is 83.9 Å². The summed E-state index contributed by atoms with van der Waals surface area (Å²) >= 11 is 0. The van der Waals surface area contributed by atoms with E-state index in [-0.39, 0.29) is 23.8 Å². The molecule has 0 saturated carbocycles. The number of carbonyl (C=O) groups is 1. The van der Waals surface area contributed by atoms with E-state index in [9.17, 15) is 9.59 Å². The quantitative estimate of drug-likeness (QED) is 0.874. The predicted octanol–water partition coefficient (Wildman–Crippen LogP) is 2.37. The minimum Gasteiger partial charge on any atom is -0.342 e. The van der Waals surface area contributed by atoms with Gasteiger partial charge in [-0.05, 0) is 33.6 Å². The summed E-state index contributed by atoms with van der Waals surface area (Å²) in [5.41, 5.74) is 0.924. The number of hydrogen-bond donors (Lipinski definition) is 1. The fourth-order valence-electron chi connectivity index (χ4n) is 3.80. The lowest BCUT2D eigenvalue weighted by atomic mass is 9.96. The van der Waals surface area contributed by atoms with Crippen molar-refractivity contribution >= 4 is 5.91 Å². The number of imidazole rings is 1. The molecule has 1 aliphatic rings. The third-order valence-electron chi connectivity index (χ3n) is 5.33. The molecule has 27 heavy (non-hydrogen) atoms. The number of nitrogens with one attached hydrogen (secondary N) is 1. The molecular formula is C20H29N5O2. The van der Waals surface area contributed by atoms with E-state index in [0.29, 0.717) is 36.1 Å². The van der Waals surface area contributed by atoms with Gasteiger partial charge in [0.05, 0.1) is 6.42 Å². The highest BCUT2D eigenvalue weighted by atomic mass is 16.2. The van der Waals surface area contributed by atoms with Gasteiger partial charge in [-0.3, -0.25) is 9.59 Å². The average molecular weight is 371 g/mol. The van der Waals surface area contributed by atoms with E-state index in [2.05, 4.69) is 33.4 Å². The number of aryl methyl sites for hydroxylation is 2. The Bertz CT molecular complexity index is 867. The number of carbonyl (C=O) groups excluding carboxylic acids is 1. The summed E-state index contributed by atoms with van der Waals surface area (Å²) in [7, 11) is 0. The zero-order valence-corrected chi connectivity index (χ0v) is 16.7. The smallest absolute Gasteiger partial charge is 0.254 e. The van der Waals surface area contributed by atoms with Crippen molar-refractivity contribution in [2.45, 2.75) is 65.3 Å². The average Bonchev–Trinajstić information content (AvgIpc) is 3.14. The number of nitrogens with zero attached hydrogens (tertiary/aromatic N) is 4. The fraction of sp³-hybridized carbons (Fsp3) is 0.600. The second kappa shape index (κ2) is 8.06. The van der Waals surface area contributed by atoms with Crippen molar-refractivity contribution in [1.29, 1.82) is 0 Å². The number of piperidine rings is 1. The molecule has 1 atom stereocenters. The van der Waals surface area contributed by atoms with Gasteiger partial charge in [0.15, 0.2) is 0 Å². The molecule has 0 aliphatic carbocycles. The Hall–Kier alpha value is -2.44. The second-order valence-electron chi connectivity index (χ2n) is 7.57. The monoisotopic (exact) mass is 371 g/mol. The van der Waals surface area contributed by atoms with Gasteiger partial charge < -0.3 is 14.5 Å². The third kappa shape index (κ3) is 4.12. The standard InChI is InChI=1S/C20H29N5O2/c1-5-17-22-14(4)16(20(27)23-17)11-18(26)24-9-6-7-15(12-24)19-21-8-10-25(19)13(2)3/h8,10,13,15H,5-7,9,11-12H2,1-4H3,(H,22,23,27). The van der Waals surface area contributed by atoms with Gasteiger partial charge in [0.25, 0.3) is 5.56 Å². The van der Waals surface area contributed by atoms with Gasteiger partial charge in [-0.15, -0.1) is 0 Å². The van der Waals surface area contributed by atoms with Crippen LogP contribution in [-0.2, 0) is 17.6 Å². The van der Waals surface area contributed by atoms with Crippen molar-refractivity contribution < 1.29 is 4.79 Å². The van der Waals surface area contributed by atoms with Gasteiger partial charge >= 0.3 is 0 Å². The van der Waals surface area contributed by atoms with Crippen molar-refractivity contribution in [3.63, 3.8) is 0 Å². The van der Waals surface area contributed by atoms with Crippen molar-refractivity contribution in [2.24, 2.45) is 0 Å². The Morgan fingerprint density at radius 2 is 2.19 bits per heavy atom. The molecule has 0 spiro atoms. The van der Waals surface area contributed by atoms with Crippen LogP contribution in [0.4, 0.5) is 0 Å². The number of H-pyrrole nitrogens is 1. The SMILES string of the molecule is CCc1nc(C)c(CC(=O)N2CCCC(c3nccn3C(C)C)C2)c(=O)[nH]1. The lowest BCUT2D eigenvalue weighted by Gasteiger charge is -2.33. The first-order chi connectivity index (χ1) is 12.9. The Morgan fingerprint density at radius 3 is 2.85 bits per heavy atom. The van der Waals surface area contributed by atoms with E-state index >= 15 is 0 Å². The van der Waals surface area contributed by atoms with Crippen LogP contribution >= 0.6 is 0 Å². The molecule has 0 radical (unpaired) electrons. The zero-order chi connectivity index (χ0) is 19.6. The highest BCUT2D eigenvalue weighted by molar-refractivity contribution is 5.79. The highest BCUT2D eigenvalue weighted by Crippen LogP contribution is 2.27. The van der Waals surface area contributed by atoms with Crippen molar-refractivity contribution in [2.75, 3.05) is 13.1 Å². The minimum atomic E-state index is -0.198. The molecule has 1 aliphatic heterocycles. The first-order valence-electron chi connectivity index (χ1n) is 9.79. The third-order valence-corrected chi connectivity index (χ3v) is 5.33. The van der Waals surface area contributed by atoms with Crippen molar-refractivity contribution in [3.05, 3.63) is 45.7 Å². The van der Waals surface area contributed by atoms with E-state index < -0.39 is 0 Å². The molecule has 1 saturated heterocycles. The zero-order valence-electron chi connectivity index (χ0n) is 16.7. The molecule has 2 aromatic rings. The minimum absolute atomic E-state index is 0.0120. The fourth-order valence-corrected chi connectivity index (χ4v) is 3.80. The largest absolute Gasteiger partial charge is 0.342 e. The molecule has 1 amide bonds. The summed E-state index contributed by atoms with van der Waals surface area (Å²) in [5, 5.41) is 0. The summed E-state index contributed by atoms with van der Waals surface area (Å²) in [6.07, 6.45) is 6.58. The lowest BCUT2D eigenvalue weighted by Crippen LogP contribution is -2.41. The van der Waals surface area contributed by atoms with E-state index in [1.165, 1.54) is 0 Å². The normalized spacial score (nSPS) is 17.5. The predicted molar refractivity (Wildman–Crippen MR) is 104 cm³/mol. The molecule has 1 N–H and O–H groups in total. The maximum absolute atomic E-state index is 12.9. The summed E-state index contributed by atoms with van der Waals surface area (Å²) < 4.78 is 2.18. The maximum atomic E-state index is 12.9. The molecule has 2 aromatic heterocycles. The van der Waals surface area contributed by atoms with Gasteiger partial charge in [-0.1, -0.05) is 6.92 Å². The molecular weight excluding hydrogens is 342 g/mol. The number of likely N-dealkylation sites (tertiary alicyclic amines) is 1. The lowest BCUT2D eigenvalue weighted by molar-refractivity contribution is -0.131. The summed E-state index contributed by atoms with van der Waals surface area (Å²) in [6, 6.07) is 0.345. The van der Waals surface area contributed by atoms with Crippen LogP contribution in [0.5, 0.6) is 0 Å². The van der Waals surface area contributed by atoms with E-state index in [1.54, 1.807) is 6.92 Å². The van der Waals surface area contributed by atoms with E-state index in [0.717, 1.165) is 25.2 Å². The number of aromatic nitrogens is 4. The van der Waals surface area contributed by atoms with Crippen molar-refractivity contribution in [1.82, 2.24) is 24.4 Å². The van der Waals surface area contributed by atoms with Crippen LogP contribution in [0.15, 0.2) is 17.2 Å². The summed E-state index contributed by atoms with van der Waals surface area (Å²) in [5.74, 6) is 1.93. The van der Waals surface area contributed by atoms with Gasteiger partial charge in [0.2, 0.25) is 5.91 Å². The van der Waals surface area contributed by atoms with Crippen LogP contribution in [0, 0.1) is 6.92 Å². The second-order valence-corrected chi connectivity index (χ2v) is 7.57. The highest BCUT2D eigenvalue weighted by Gasteiger charge is 2.28. The first-order valence-corrected chi connectivity index (χ1v) is 9.79. The van der Waals surface area contributed by atoms with Gasteiger partial charge in [0, 0.05) is 55.1 Å². The van der Waals surface area contributed by atoms with Crippen LogP contribution in [0.1, 0.15) is 68.5 Å². The van der Waals surface area contributed by atoms with Gasteiger partial charge in [-0.25, -0.2) is 9.97 Å². The van der Waals surface area contributed by atoms with Crippen LogP contribution in [0.2, 0.25) is 0 Å². The molecule has 7 nitrogen and oxygen atoms in total. The van der Waals surface area contributed by atoms with E-state index in [1.807, 2.05) is 24.2 Å². The number of aromatic amines is 1. The molecule has 146 valence electrons. The number of hydrogen-bond acceptors (Lipinski definition) is 4. The molecule has 0 aromatic carbocycles. The van der Waals surface area contributed by atoms with Gasteiger partial charge in [-0.2, -0.15) is 0 Å². The number of rotatable bonds is 5. The molecule has 1 unspecified atom stereocenters. The summed E-state index contributed by atoms with van der Waals surface area (Å²) in [4.78, 5) is 38.8. The molecule has 7 heteroatoms.